The molecule has 1 saturated heterocycles. The van der Waals surface area contributed by atoms with Crippen LogP contribution in [0.5, 0.6) is 0 Å². The van der Waals surface area contributed by atoms with Crippen LogP contribution in [-0.4, -0.2) is 29.3 Å². The Kier molecular flexibility index (Phi) is 2.04. The van der Waals surface area contributed by atoms with Gasteiger partial charge in [-0.3, -0.25) is 19.8 Å². The third-order valence-electron chi connectivity index (χ3n) is 3.26. The van der Waals surface area contributed by atoms with E-state index in [1.54, 1.807) is 0 Å². The molecular weight excluding hydrogens is 204 g/mol. The molecular formula is C12H12N2O2. The number of piperazine rings is 1. The van der Waals surface area contributed by atoms with E-state index in [1.807, 2.05) is 17.0 Å². The second kappa shape index (κ2) is 3.42. The third-order valence-corrected chi connectivity index (χ3v) is 3.26. The largest absolute Gasteiger partial charge is 0.294 e. The van der Waals surface area contributed by atoms with E-state index in [1.165, 1.54) is 11.1 Å². The lowest BCUT2D eigenvalue weighted by atomic mass is 9.92. The fraction of sp³-hybridized carbons (Fsp3) is 0.333. The van der Waals surface area contributed by atoms with Crippen molar-refractivity contribution in [2.75, 3.05) is 6.54 Å². The molecule has 0 saturated carbocycles. The lowest BCUT2D eigenvalue weighted by Gasteiger charge is -2.38. The van der Waals surface area contributed by atoms with Crippen molar-refractivity contribution in [3.8, 4) is 0 Å². The quantitative estimate of drug-likeness (QED) is 0.624. The summed E-state index contributed by atoms with van der Waals surface area (Å²) in [5, 5.41) is 2.39. The predicted molar refractivity (Wildman–Crippen MR) is 57.5 cm³/mol. The normalized spacial score (nSPS) is 24.6. The highest BCUT2D eigenvalue weighted by atomic mass is 16.2. The summed E-state index contributed by atoms with van der Waals surface area (Å²) in [6.07, 6.45) is 0.704. The van der Waals surface area contributed by atoms with Crippen molar-refractivity contribution in [1.29, 1.82) is 0 Å². The van der Waals surface area contributed by atoms with Crippen LogP contribution in [0.1, 0.15) is 11.1 Å². The SMILES string of the molecule is O=C1CN2Cc3ccccc3C[C@@H]2C(=O)N1. The number of benzene rings is 1. The highest BCUT2D eigenvalue weighted by Crippen LogP contribution is 2.24. The molecule has 0 aromatic heterocycles. The first-order chi connectivity index (χ1) is 7.74. The molecule has 1 fully saturated rings. The first kappa shape index (κ1) is 9.54. The zero-order chi connectivity index (χ0) is 11.1. The van der Waals surface area contributed by atoms with Crippen molar-refractivity contribution < 1.29 is 9.59 Å². The van der Waals surface area contributed by atoms with Crippen LogP contribution < -0.4 is 5.32 Å². The number of carbonyl (C=O) groups is 2. The number of rotatable bonds is 0. The Morgan fingerprint density at radius 1 is 1.12 bits per heavy atom. The van der Waals surface area contributed by atoms with Crippen molar-refractivity contribution >= 4 is 11.8 Å². The van der Waals surface area contributed by atoms with Gasteiger partial charge in [-0.25, -0.2) is 0 Å². The number of fused-ring (bicyclic) bond motifs is 2. The topological polar surface area (TPSA) is 49.4 Å². The van der Waals surface area contributed by atoms with Gasteiger partial charge in [0.25, 0.3) is 0 Å². The molecule has 1 atom stereocenters. The van der Waals surface area contributed by atoms with Gasteiger partial charge in [0.2, 0.25) is 11.8 Å². The number of nitrogens with zero attached hydrogens (tertiary/aromatic N) is 1. The van der Waals surface area contributed by atoms with Crippen molar-refractivity contribution in [2.24, 2.45) is 0 Å². The molecule has 0 bridgehead atoms. The summed E-state index contributed by atoms with van der Waals surface area (Å²) < 4.78 is 0. The second-order valence-corrected chi connectivity index (χ2v) is 4.31. The maximum absolute atomic E-state index is 11.7. The van der Waals surface area contributed by atoms with E-state index in [9.17, 15) is 9.59 Å². The Morgan fingerprint density at radius 2 is 1.88 bits per heavy atom. The van der Waals surface area contributed by atoms with Gasteiger partial charge < -0.3 is 0 Å². The molecule has 2 aliphatic rings. The molecule has 3 rings (SSSR count). The number of hydrogen-bond donors (Lipinski definition) is 1. The Labute approximate surface area is 93.2 Å². The van der Waals surface area contributed by atoms with Gasteiger partial charge in [-0.05, 0) is 17.5 Å². The minimum Gasteiger partial charge on any atom is -0.294 e. The Bertz CT molecular complexity index is 470. The highest BCUT2D eigenvalue weighted by molar-refractivity contribution is 6.01. The zero-order valence-corrected chi connectivity index (χ0v) is 8.77. The van der Waals surface area contributed by atoms with Crippen LogP contribution in [0.15, 0.2) is 24.3 Å². The minimum absolute atomic E-state index is 0.161. The molecule has 2 amide bonds. The lowest BCUT2D eigenvalue weighted by molar-refractivity contribution is -0.140. The molecule has 1 aromatic rings. The summed E-state index contributed by atoms with van der Waals surface area (Å²) in [6.45, 7) is 1.02. The smallest absolute Gasteiger partial charge is 0.244 e. The average molecular weight is 216 g/mol. The maximum atomic E-state index is 11.7. The van der Waals surface area contributed by atoms with E-state index in [2.05, 4.69) is 17.4 Å². The number of carbonyl (C=O) groups excluding carboxylic acids is 2. The monoisotopic (exact) mass is 216 g/mol. The fourth-order valence-corrected chi connectivity index (χ4v) is 2.45. The Hall–Kier alpha value is -1.68. The van der Waals surface area contributed by atoms with Crippen molar-refractivity contribution in [3.63, 3.8) is 0 Å². The zero-order valence-electron chi connectivity index (χ0n) is 8.77. The summed E-state index contributed by atoms with van der Waals surface area (Å²) in [7, 11) is 0. The Morgan fingerprint density at radius 3 is 2.69 bits per heavy atom. The minimum atomic E-state index is -0.194. The van der Waals surface area contributed by atoms with Crippen LogP contribution in [0.3, 0.4) is 0 Å². The number of nitrogens with one attached hydrogen (secondary N) is 1. The van der Waals surface area contributed by atoms with Crippen LogP contribution >= 0.6 is 0 Å². The van der Waals surface area contributed by atoms with E-state index >= 15 is 0 Å². The molecule has 4 heteroatoms. The molecule has 4 nitrogen and oxygen atoms in total. The van der Waals surface area contributed by atoms with Gasteiger partial charge in [-0.15, -0.1) is 0 Å². The first-order valence-corrected chi connectivity index (χ1v) is 5.38. The second-order valence-electron chi connectivity index (χ2n) is 4.31. The predicted octanol–water partition coefficient (Wildman–Crippen LogP) is 0.0697. The molecule has 1 aromatic carbocycles. The van der Waals surface area contributed by atoms with Gasteiger partial charge in [0.1, 0.15) is 0 Å². The van der Waals surface area contributed by atoms with Crippen LogP contribution in [-0.2, 0) is 22.6 Å². The number of hydrogen-bond acceptors (Lipinski definition) is 3. The molecule has 0 spiro atoms. The molecule has 0 radical (unpaired) electrons. The van der Waals surface area contributed by atoms with Gasteiger partial charge in [0, 0.05) is 6.54 Å². The average Bonchev–Trinajstić information content (AvgIpc) is 2.27. The summed E-state index contributed by atoms with van der Waals surface area (Å²) in [5.41, 5.74) is 2.44. The Balaban J connectivity index is 1.96. The van der Waals surface area contributed by atoms with E-state index in [4.69, 9.17) is 0 Å². The van der Waals surface area contributed by atoms with E-state index in [0.29, 0.717) is 19.5 Å². The first-order valence-electron chi connectivity index (χ1n) is 5.38. The van der Waals surface area contributed by atoms with E-state index in [-0.39, 0.29) is 17.9 Å². The summed E-state index contributed by atoms with van der Waals surface area (Å²) in [4.78, 5) is 24.9. The molecule has 0 aliphatic carbocycles. The van der Waals surface area contributed by atoms with Crippen molar-refractivity contribution in [3.05, 3.63) is 35.4 Å². The summed E-state index contributed by atoms with van der Waals surface area (Å²) >= 11 is 0. The van der Waals surface area contributed by atoms with Crippen molar-refractivity contribution in [2.45, 2.75) is 19.0 Å². The van der Waals surface area contributed by atoms with Gasteiger partial charge in [0.15, 0.2) is 0 Å². The van der Waals surface area contributed by atoms with Crippen LogP contribution in [0.2, 0.25) is 0 Å². The molecule has 82 valence electrons. The van der Waals surface area contributed by atoms with Crippen molar-refractivity contribution in [1.82, 2.24) is 10.2 Å². The lowest BCUT2D eigenvalue weighted by Crippen LogP contribution is -2.59. The van der Waals surface area contributed by atoms with Gasteiger partial charge in [0.05, 0.1) is 12.6 Å². The van der Waals surface area contributed by atoms with Crippen LogP contribution in [0, 0.1) is 0 Å². The molecule has 0 unspecified atom stereocenters. The third kappa shape index (κ3) is 1.42. The van der Waals surface area contributed by atoms with Gasteiger partial charge in [-0.2, -0.15) is 0 Å². The molecule has 2 aliphatic heterocycles. The molecule has 1 N–H and O–H groups in total. The highest BCUT2D eigenvalue weighted by Gasteiger charge is 2.36. The summed E-state index contributed by atoms with van der Waals surface area (Å²) in [5.74, 6) is -0.355. The van der Waals surface area contributed by atoms with Gasteiger partial charge >= 0.3 is 0 Å². The molecule has 16 heavy (non-hydrogen) atoms. The summed E-state index contributed by atoms with van der Waals surface area (Å²) in [6, 6.07) is 7.91. The van der Waals surface area contributed by atoms with E-state index < -0.39 is 0 Å². The number of amides is 2. The standard InChI is InChI=1S/C12H12N2O2/c15-11-7-14-6-9-4-2-1-3-8(9)5-10(14)12(16)13-11/h1-4,10H,5-7H2,(H,13,15,16)/t10-/m1/s1. The number of imide groups is 1. The van der Waals surface area contributed by atoms with E-state index in [0.717, 1.165) is 0 Å². The maximum Gasteiger partial charge on any atom is 0.244 e. The van der Waals surface area contributed by atoms with Crippen LogP contribution in [0.25, 0.3) is 0 Å². The van der Waals surface area contributed by atoms with Crippen LogP contribution in [0.4, 0.5) is 0 Å². The molecule has 2 heterocycles. The van der Waals surface area contributed by atoms with Gasteiger partial charge in [-0.1, -0.05) is 24.3 Å². The fourth-order valence-electron chi connectivity index (χ4n) is 2.45.